The van der Waals surface area contributed by atoms with Gasteiger partial charge < -0.3 is 15.2 Å². The van der Waals surface area contributed by atoms with E-state index in [-0.39, 0.29) is 6.23 Å². The van der Waals surface area contributed by atoms with Gasteiger partial charge >= 0.3 is 0 Å². The molecule has 1 atom stereocenters. The molecule has 0 saturated carbocycles. The summed E-state index contributed by atoms with van der Waals surface area (Å²) >= 11 is 0. The number of nitrogens with two attached hydrogens (primary N) is 1. The number of aliphatic imine (C=N–C) groups is 1. The number of nitrogens with zero attached hydrogens (tertiary/aromatic N) is 1. The third-order valence-corrected chi connectivity index (χ3v) is 2.92. The van der Waals surface area contributed by atoms with Crippen LogP contribution in [0.15, 0.2) is 29.3 Å². The zero-order valence-electron chi connectivity index (χ0n) is 10.8. The minimum absolute atomic E-state index is 0.228. The van der Waals surface area contributed by atoms with Crippen LogP contribution in [0.25, 0.3) is 0 Å². The predicted molar refractivity (Wildman–Crippen MR) is 71.6 cm³/mol. The van der Waals surface area contributed by atoms with Crippen LogP contribution in [-0.4, -0.2) is 25.7 Å². The van der Waals surface area contributed by atoms with Gasteiger partial charge in [-0.3, -0.25) is 0 Å². The average molecular weight is 248 g/mol. The van der Waals surface area contributed by atoms with E-state index in [0.717, 1.165) is 37.2 Å². The maximum atomic E-state index is 5.86. The first-order valence-electron chi connectivity index (χ1n) is 6.45. The van der Waals surface area contributed by atoms with E-state index in [9.17, 15) is 0 Å². The van der Waals surface area contributed by atoms with Crippen molar-refractivity contribution in [1.82, 2.24) is 0 Å². The van der Waals surface area contributed by atoms with E-state index in [4.69, 9.17) is 15.2 Å². The van der Waals surface area contributed by atoms with Crippen LogP contribution in [0.4, 0.5) is 0 Å². The Bertz CT molecular complexity index is 418. The van der Waals surface area contributed by atoms with Crippen LogP contribution in [0.5, 0.6) is 0 Å². The van der Waals surface area contributed by atoms with Crippen molar-refractivity contribution >= 4 is 5.84 Å². The largest absolute Gasteiger partial charge is 0.383 e. The monoisotopic (exact) mass is 248 g/mol. The molecule has 4 nitrogen and oxygen atoms in total. The fraction of sp³-hybridized carbons (Fsp3) is 0.500. The van der Waals surface area contributed by atoms with Gasteiger partial charge in [-0.1, -0.05) is 24.3 Å². The number of benzene rings is 1. The third kappa shape index (κ3) is 3.09. The molecule has 0 saturated heterocycles. The van der Waals surface area contributed by atoms with Crippen LogP contribution in [0.3, 0.4) is 0 Å². The van der Waals surface area contributed by atoms with E-state index < -0.39 is 0 Å². The molecule has 4 heteroatoms. The summed E-state index contributed by atoms with van der Waals surface area (Å²) in [6.45, 7) is 4.26. The van der Waals surface area contributed by atoms with Crippen molar-refractivity contribution in [2.45, 2.75) is 26.0 Å². The van der Waals surface area contributed by atoms with E-state index in [2.05, 4.69) is 4.99 Å². The van der Waals surface area contributed by atoms with Crippen molar-refractivity contribution in [3.8, 4) is 0 Å². The van der Waals surface area contributed by atoms with Crippen molar-refractivity contribution in [3.63, 3.8) is 0 Å². The molecular weight excluding hydrogens is 228 g/mol. The molecule has 18 heavy (non-hydrogen) atoms. The number of fused-ring (bicyclic) bond motifs is 1. The number of rotatable bonds is 7. The second-order valence-electron chi connectivity index (χ2n) is 4.23. The normalized spacial score (nSPS) is 17.6. The summed E-state index contributed by atoms with van der Waals surface area (Å²) in [6, 6.07) is 7.94. The molecule has 2 N–H and O–H groups in total. The Kier molecular flexibility index (Phi) is 4.73. The first-order chi connectivity index (χ1) is 8.83. The van der Waals surface area contributed by atoms with Crippen LogP contribution in [-0.2, 0) is 9.47 Å². The van der Waals surface area contributed by atoms with Gasteiger partial charge in [0, 0.05) is 30.9 Å². The van der Waals surface area contributed by atoms with Gasteiger partial charge in [0.25, 0.3) is 0 Å². The highest BCUT2D eigenvalue weighted by atomic mass is 16.5. The van der Waals surface area contributed by atoms with Crippen molar-refractivity contribution in [1.29, 1.82) is 0 Å². The van der Waals surface area contributed by atoms with Crippen molar-refractivity contribution in [3.05, 3.63) is 35.4 Å². The third-order valence-electron chi connectivity index (χ3n) is 2.92. The number of hydrogen-bond donors (Lipinski definition) is 1. The van der Waals surface area contributed by atoms with Crippen LogP contribution in [0.1, 0.15) is 37.1 Å². The lowest BCUT2D eigenvalue weighted by atomic mass is 10.1. The maximum Gasteiger partial charge on any atom is 0.177 e. The molecule has 0 amide bonds. The predicted octanol–water partition coefficient (Wildman–Crippen LogP) is 2.24. The Labute approximate surface area is 108 Å². The Morgan fingerprint density at radius 3 is 2.83 bits per heavy atom. The van der Waals surface area contributed by atoms with Gasteiger partial charge in [0.2, 0.25) is 0 Å². The number of unbranched alkanes of at least 4 members (excludes halogenated alkanes) is 1. The average Bonchev–Trinajstić information content (AvgIpc) is 2.71. The van der Waals surface area contributed by atoms with Crippen LogP contribution >= 0.6 is 0 Å². The molecule has 0 aromatic heterocycles. The fourth-order valence-electron chi connectivity index (χ4n) is 1.98. The molecule has 2 rings (SSSR count). The van der Waals surface area contributed by atoms with E-state index in [1.54, 1.807) is 0 Å². The van der Waals surface area contributed by atoms with Gasteiger partial charge in [0.15, 0.2) is 6.23 Å². The topological polar surface area (TPSA) is 56.8 Å². The zero-order valence-corrected chi connectivity index (χ0v) is 10.8. The molecule has 1 unspecified atom stereocenters. The first kappa shape index (κ1) is 13.1. The Morgan fingerprint density at radius 1 is 1.22 bits per heavy atom. The summed E-state index contributed by atoms with van der Waals surface area (Å²) in [7, 11) is 0. The lowest BCUT2D eigenvalue weighted by molar-refractivity contribution is 0.0525. The number of ether oxygens (including phenoxy) is 2. The molecule has 1 heterocycles. The Balaban J connectivity index is 1.78. The van der Waals surface area contributed by atoms with Crippen LogP contribution in [0, 0.1) is 0 Å². The minimum Gasteiger partial charge on any atom is -0.383 e. The van der Waals surface area contributed by atoms with Crippen LogP contribution < -0.4 is 5.73 Å². The van der Waals surface area contributed by atoms with Gasteiger partial charge in [-0.05, 0) is 19.8 Å². The highest BCUT2D eigenvalue weighted by Gasteiger charge is 2.22. The van der Waals surface area contributed by atoms with Crippen molar-refractivity contribution in [2.75, 3.05) is 19.8 Å². The van der Waals surface area contributed by atoms with Crippen molar-refractivity contribution in [2.24, 2.45) is 10.7 Å². The quantitative estimate of drug-likeness (QED) is 0.753. The lowest BCUT2D eigenvalue weighted by Gasteiger charge is -2.10. The lowest BCUT2D eigenvalue weighted by Crippen LogP contribution is -2.09. The van der Waals surface area contributed by atoms with E-state index in [1.165, 1.54) is 0 Å². The Morgan fingerprint density at radius 2 is 2.00 bits per heavy atom. The summed E-state index contributed by atoms with van der Waals surface area (Å²) in [5.74, 6) is 0.574. The van der Waals surface area contributed by atoms with Gasteiger partial charge in [-0.25, -0.2) is 4.99 Å². The highest BCUT2D eigenvalue weighted by Crippen LogP contribution is 2.28. The van der Waals surface area contributed by atoms with Crippen LogP contribution in [0.2, 0.25) is 0 Å². The number of amidine groups is 1. The van der Waals surface area contributed by atoms with Gasteiger partial charge in [0.05, 0.1) is 0 Å². The molecule has 1 aliphatic heterocycles. The van der Waals surface area contributed by atoms with Gasteiger partial charge in [-0.2, -0.15) is 0 Å². The summed E-state index contributed by atoms with van der Waals surface area (Å²) in [5.41, 5.74) is 7.92. The summed E-state index contributed by atoms with van der Waals surface area (Å²) in [5, 5.41) is 0. The second kappa shape index (κ2) is 6.52. The van der Waals surface area contributed by atoms with Crippen molar-refractivity contribution < 1.29 is 9.47 Å². The molecule has 0 bridgehead atoms. The standard InChI is InChI=1S/C14H20N2O2/c1-2-17-9-5-6-10-18-14-12-8-4-3-7-11(12)13(15)16-14/h3-4,7-8,14H,2,5-6,9-10H2,1H3,(H2,15,16). The molecule has 0 aliphatic carbocycles. The fourth-order valence-corrected chi connectivity index (χ4v) is 1.98. The Hall–Kier alpha value is -1.39. The van der Waals surface area contributed by atoms with E-state index in [1.807, 2.05) is 31.2 Å². The van der Waals surface area contributed by atoms with Gasteiger partial charge in [-0.15, -0.1) is 0 Å². The molecule has 0 fully saturated rings. The van der Waals surface area contributed by atoms with E-state index >= 15 is 0 Å². The summed E-state index contributed by atoms with van der Waals surface area (Å²) in [6.07, 6.45) is 1.77. The molecule has 1 aromatic carbocycles. The smallest absolute Gasteiger partial charge is 0.177 e. The van der Waals surface area contributed by atoms with E-state index in [0.29, 0.717) is 12.4 Å². The zero-order chi connectivity index (χ0) is 12.8. The maximum absolute atomic E-state index is 5.86. The summed E-state index contributed by atoms with van der Waals surface area (Å²) < 4.78 is 11.0. The summed E-state index contributed by atoms with van der Waals surface area (Å²) in [4.78, 5) is 4.33. The SMILES string of the molecule is CCOCCCCOC1N=C(N)c2ccccc21. The first-order valence-corrected chi connectivity index (χ1v) is 6.45. The molecular formula is C14H20N2O2. The highest BCUT2D eigenvalue weighted by molar-refractivity contribution is 6.01. The molecule has 1 aliphatic rings. The molecule has 0 spiro atoms. The minimum atomic E-state index is -0.228. The molecule has 98 valence electrons. The number of hydrogen-bond acceptors (Lipinski definition) is 4. The molecule has 0 radical (unpaired) electrons. The van der Waals surface area contributed by atoms with Gasteiger partial charge in [0.1, 0.15) is 5.84 Å². The molecule has 1 aromatic rings. The second-order valence-corrected chi connectivity index (χ2v) is 4.23.